The van der Waals surface area contributed by atoms with Crippen molar-refractivity contribution < 1.29 is 13.6 Å². The average molecular weight is 413 g/mol. The third kappa shape index (κ3) is 3.90. The fourth-order valence-corrected chi connectivity index (χ4v) is 3.14. The molecular weight excluding hydrogens is 398 g/mol. The molecule has 0 spiro atoms. The number of nitrogens with one attached hydrogen (secondary N) is 2. The Labute approximate surface area is 170 Å². The summed E-state index contributed by atoms with van der Waals surface area (Å²) in [4.78, 5) is 17.2. The van der Waals surface area contributed by atoms with Gasteiger partial charge >= 0.3 is 6.03 Å². The molecule has 8 heteroatoms. The van der Waals surface area contributed by atoms with Gasteiger partial charge in [-0.05, 0) is 48.9 Å². The summed E-state index contributed by atoms with van der Waals surface area (Å²) in [5, 5.41) is 5.77. The van der Waals surface area contributed by atoms with E-state index in [2.05, 4.69) is 15.6 Å². The number of benzene rings is 2. The predicted octanol–water partition coefficient (Wildman–Crippen LogP) is 5.89. The molecule has 0 aliphatic carbocycles. The number of pyridine rings is 1. The van der Waals surface area contributed by atoms with Crippen LogP contribution in [0.2, 0.25) is 5.02 Å². The van der Waals surface area contributed by atoms with E-state index in [1.807, 2.05) is 25.1 Å². The Morgan fingerprint density at radius 1 is 1.03 bits per heavy atom. The van der Waals surface area contributed by atoms with Crippen molar-refractivity contribution in [2.45, 2.75) is 6.92 Å². The van der Waals surface area contributed by atoms with Crippen LogP contribution in [0.3, 0.4) is 0 Å². The van der Waals surface area contributed by atoms with Crippen molar-refractivity contribution in [3.8, 4) is 11.3 Å². The van der Waals surface area contributed by atoms with Crippen molar-refractivity contribution in [2.24, 2.45) is 0 Å². The topological polar surface area (TPSA) is 58.4 Å². The fraction of sp³-hybridized carbons (Fsp3) is 0.0476. The first-order valence-corrected chi connectivity index (χ1v) is 9.06. The Morgan fingerprint density at radius 2 is 1.86 bits per heavy atom. The van der Waals surface area contributed by atoms with Crippen LogP contribution in [0.4, 0.5) is 25.1 Å². The van der Waals surface area contributed by atoms with E-state index in [4.69, 9.17) is 11.6 Å². The van der Waals surface area contributed by atoms with Crippen LogP contribution >= 0.6 is 11.6 Å². The van der Waals surface area contributed by atoms with Crippen LogP contribution in [-0.2, 0) is 0 Å². The molecule has 0 saturated heterocycles. The van der Waals surface area contributed by atoms with Gasteiger partial charge in [0.1, 0.15) is 17.2 Å². The second-order valence-corrected chi connectivity index (χ2v) is 6.90. The summed E-state index contributed by atoms with van der Waals surface area (Å²) < 4.78 is 28.2. The van der Waals surface area contributed by atoms with E-state index in [-0.39, 0.29) is 5.69 Å². The number of hydrogen-bond donors (Lipinski definition) is 2. The maximum absolute atomic E-state index is 13.4. The number of carbonyl (C=O) groups is 1. The maximum atomic E-state index is 13.4. The first kappa shape index (κ1) is 18.9. The molecule has 5 nitrogen and oxygen atoms in total. The Kier molecular flexibility index (Phi) is 4.90. The van der Waals surface area contributed by atoms with Crippen molar-refractivity contribution in [1.29, 1.82) is 0 Å². The van der Waals surface area contributed by atoms with Gasteiger partial charge in [-0.2, -0.15) is 0 Å². The maximum Gasteiger partial charge on any atom is 0.324 e. The Morgan fingerprint density at radius 3 is 2.62 bits per heavy atom. The lowest BCUT2D eigenvalue weighted by Crippen LogP contribution is -2.21. The van der Waals surface area contributed by atoms with Gasteiger partial charge in [-0.3, -0.25) is 9.72 Å². The lowest BCUT2D eigenvalue weighted by Gasteiger charge is -2.10. The average Bonchev–Trinajstić information content (AvgIpc) is 3.02. The minimum atomic E-state index is -1.05. The molecule has 2 aromatic carbocycles. The Bertz CT molecular complexity index is 1240. The minimum Gasteiger partial charge on any atom is -0.308 e. The van der Waals surface area contributed by atoms with Gasteiger partial charge in [-0.15, -0.1) is 0 Å². The fourth-order valence-electron chi connectivity index (χ4n) is 2.95. The molecule has 0 radical (unpaired) electrons. The third-order valence-electron chi connectivity index (χ3n) is 4.29. The van der Waals surface area contributed by atoms with Crippen LogP contribution in [-0.4, -0.2) is 15.4 Å². The zero-order valence-corrected chi connectivity index (χ0v) is 16.0. The zero-order valence-electron chi connectivity index (χ0n) is 15.2. The Balaban J connectivity index is 1.72. The second-order valence-electron chi connectivity index (χ2n) is 6.46. The molecule has 2 heterocycles. The van der Waals surface area contributed by atoms with Crippen LogP contribution in [0.1, 0.15) is 5.56 Å². The van der Waals surface area contributed by atoms with E-state index >= 15 is 0 Å². The SMILES string of the molecule is Cc1ccn2c(NC(=O)Nc3ccc(F)c(F)c3)c(-c3cccc(Cl)c3)nc2c1. The molecule has 4 rings (SSSR count). The molecule has 0 aliphatic rings. The van der Waals surface area contributed by atoms with Gasteiger partial charge in [0.2, 0.25) is 0 Å². The molecule has 0 unspecified atom stereocenters. The number of rotatable bonds is 3. The monoisotopic (exact) mass is 412 g/mol. The molecule has 0 bridgehead atoms. The van der Waals surface area contributed by atoms with Gasteiger partial charge in [-0.25, -0.2) is 18.6 Å². The van der Waals surface area contributed by atoms with E-state index < -0.39 is 17.7 Å². The molecule has 0 fully saturated rings. The van der Waals surface area contributed by atoms with E-state index in [0.29, 0.717) is 22.2 Å². The molecule has 2 N–H and O–H groups in total. The normalized spacial score (nSPS) is 10.9. The number of aromatic nitrogens is 2. The van der Waals surface area contributed by atoms with Crippen molar-refractivity contribution in [3.63, 3.8) is 0 Å². The summed E-state index contributed by atoms with van der Waals surface area (Å²) in [5.74, 6) is -1.62. The van der Waals surface area contributed by atoms with E-state index in [0.717, 1.165) is 23.3 Å². The summed E-state index contributed by atoms with van der Waals surface area (Å²) >= 11 is 6.11. The van der Waals surface area contributed by atoms with Gasteiger partial charge < -0.3 is 5.32 Å². The first-order valence-electron chi connectivity index (χ1n) is 8.68. The zero-order chi connectivity index (χ0) is 20.5. The van der Waals surface area contributed by atoms with Crippen molar-refractivity contribution in [3.05, 3.63) is 83.0 Å². The molecular formula is C21H15ClF2N4O. The number of hydrogen-bond acceptors (Lipinski definition) is 2. The summed E-state index contributed by atoms with van der Waals surface area (Å²) in [6.45, 7) is 1.94. The van der Waals surface area contributed by atoms with E-state index in [1.165, 1.54) is 6.07 Å². The van der Waals surface area contributed by atoms with Crippen LogP contribution < -0.4 is 10.6 Å². The number of urea groups is 1. The van der Waals surface area contributed by atoms with E-state index in [1.54, 1.807) is 28.8 Å². The Hall–Kier alpha value is -3.45. The number of anilines is 2. The van der Waals surface area contributed by atoms with Crippen molar-refractivity contribution in [1.82, 2.24) is 9.38 Å². The number of carbonyl (C=O) groups excluding carboxylic acids is 1. The van der Waals surface area contributed by atoms with Gasteiger partial charge in [-0.1, -0.05) is 23.7 Å². The first-order chi connectivity index (χ1) is 13.9. The van der Waals surface area contributed by atoms with Crippen LogP contribution in [0, 0.1) is 18.6 Å². The molecule has 146 valence electrons. The quantitative estimate of drug-likeness (QED) is 0.441. The molecule has 29 heavy (non-hydrogen) atoms. The van der Waals surface area contributed by atoms with Crippen LogP contribution in [0.25, 0.3) is 16.9 Å². The standard InChI is InChI=1S/C21H15ClF2N4O/c1-12-7-8-28-18(9-12)26-19(13-3-2-4-14(22)10-13)20(28)27-21(29)25-15-5-6-16(23)17(24)11-15/h2-11H,1H3,(H2,25,27,29). The molecule has 2 amide bonds. The highest BCUT2D eigenvalue weighted by Crippen LogP contribution is 2.30. The van der Waals surface area contributed by atoms with Gasteiger partial charge in [0.25, 0.3) is 0 Å². The van der Waals surface area contributed by atoms with Crippen LogP contribution in [0.15, 0.2) is 60.8 Å². The smallest absolute Gasteiger partial charge is 0.308 e. The van der Waals surface area contributed by atoms with Gasteiger partial charge in [0.15, 0.2) is 11.6 Å². The van der Waals surface area contributed by atoms with Crippen molar-refractivity contribution in [2.75, 3.05) is 10.6 Å². The lowest BCUT2D eigenvalue weighted by atomic mass is 10.1. The predicted molar refractivity (Wildman–Crippen MR) is 109 cm³/mol. The number of imidazole rings is 1. The molecule has 2 aromatic heterocycles. The molecule has 0 aliphatic heterocycles. The molecule has 0 saturated carbocycles. The van der Waals surface area contributed by atoms with Gasteiger partial charge in [0, 0.05) is 28.5 Å². The molecule has 0 atom stereocenters. The number of aryl methyl sites for hydroxylation is 1. The number of amides is 2. The number of halogens is 3. The summed E-state index contributed by atoms with van der Waals surface area (Å²) in [6.07, 6.45) is 1.79. The minimum absolute atomic E-state index is 0.121. The van der Waals surface area contributed by atoms with Crippen molar-refractivity contribution >= 4 is 34.8 Å². The largest absolute Gasteiger partial charge is 0.324 e. The third-order valence-corrected chi connectivity index (χ3v) is 4.52. The van der Waals surface area contributed by atoms with E-state index in [9.17, 15) is 13.6 Å². The number of nitrogens with zero attached hydrogens (tertiary/aromatic N) is 2. The summed E-state index contributed by atoms with van der Waals surface area (Å²) in [6, 6.07) is 13.4. The van der Waals surface area contributed by atoms with Gasteiger partial charge in [0.05, 0.1) is 0 Å². The highest BCUT2D eigenvalue weighted by atomic mass is 35.5. The second kappa shape index (κ2) is 7.52. The highest BCUT2D eigenvalue weighted by molar-refractivity contribution is 6.30. The highest BCUT2D eigenvalue weighted by Gasteiger charge is 2.17. The summed E-state index contributed by atoms with van der Waals surface area (Å²) in [7, 11) is 0. The lowest BCUT2D eigenvalue weighted by molar-refractivity contribution is 0.262. The number of fused-ring (bicyclic) bond motifs is 1. The summed E-state index contributed by atoms with van der Waals surface area (Å²) in [5.41, 5.74) is 3.02. The van der Waals surface area contributed by atoms with Crippen LogP contribution in [0.5, 0.6) is 0 Å². The molecule has 4 aromatic rings.